The Balaban J connectivity index is 1.90. The zero-order valence-electron chi connectivity index (χ0n) is 10.6. The first kappa shape index (κ1) is 12.7. The third kappa shape index (κ3) is 3.36. The summed E-state index contributed by atoms with van der Waals surface area (Å²) < 4.78 is 0. The molecule has 0 saturated carbocycles. The summed E-state index contributed by atoms with van der Waals surface area (Å²) in [6.45, 7) is 5.29. The highest BCUT2D eigenvalue weighted by Gasteiger charge is 2.22. The maximum Gasteiger partial charge on any atom is 0.226 e. The lowest BCUT2D eigenvalue weighted by Crippen LogP contribution is -2.44. The van der Waals surface area contributed by atoms with Crippen LogP contribution >= 0.6 is 0 Å². The number of para-hydroxylation sites is 1. The van der Waals surface area contributed by atoms with Crippen LogP contribution in [0.4, 0.5) is 5.69 Å². The summed E-state index contributed by atoms with van der Waals surface area (Å²) in [5, 5.41) is 3.49. The molecule has 1 aliphatic heterocycles. The van der Waals surface area contributed by atoms with Crippen molar-refractivity contribution in [2.75, 3.05) is 18.4 Å². The molecule has 1 atom stereocenters. The van der Waals surface area contributed by atoms with E-state index in [2.05, 4.69) is 24.0 Å². The van der Waals surface area contributed by atoms with Crippen molar-refractivity contribution >= 4 is 11.6 Å². The Kier molecular flexibility index (Phi) is 4.40. The normalized spacial score (nSPS) is 19.3. The molecule has 3 nitrogen and oxygen atoms in total. The van der Waals surface area contributed by atoms with E-state index >= 15 is 0 Å². The van der Waals surface area contributed by atoms with E-state index in [0.29, 0.717) is 12.5 Å². The first-order chi connectivity index (χ1) is 8.79. The molecule has 0 aliphatic carbocycles. The molecule has 1 heterocycles. The fourth-order valence-corrected chi connectivity index (χ4v) is 2.34. The van der Waals surface area contributed by atoms with Crippen LogP contribution in [-0.4, -0.2) is 29.9 Å². The number of nitrogens with one attached hydrogen (secondary N) is 1. The van der Waals surface area contributed by atoms with Crippen molar-refractivity contribution in [3.05, 3.63) is 43.0 Å². The van der Waals surface area contributed by atoms with Gasteiger partial charge in [0.1, 0.15) is 0 Å². The van der Waals surface area contributed by atoms with Gasteiger partial charge in [-0.1, -0.05) is 24.3 Å². The molecule has 0 unspecified atom stereocenters. The SMILES string of the molecule is C=CCC(=O)N1CCC[C@H](Nc2ccccc2)C1. The molecule has 0 radical (unpaired) electrons. The highest BCUT2D eigenvalue weighted by molar-refractivity contribution is 5.77. The van der Waals surface area contributed by atoms with Crippen LogP contribution in [-0.2, 0) is 4.79 Å². The Labute approximate surface area is 108 Å². The maximum atomic E-state index is 11.8. The molecule has 0 aromatic heterocycles. The number of hydrogen-bond acceptors (Lipinski definition) is 2. The monoisotopic (exact) mass is 244 g/mol. The summed E-state index contributed by atoms with van der Waals surface area (Å²) in [6, 6.07) is 10.5. The number of piperidine rings is 1. The number of likely N-dealkylation sites (tertiary alicyclic amines) is 1. The molecule has 1 aliphatic rings. The van der Waals surface area contributed by atoms with Gasteiger partial charge < -0.3 is 10.2 Å². The highest BCUT2D eigenvalue weighted by Crippen LogP contribution is 2.16. The molecule has 3 heteroatoms. The predicted molar refractivity (Wildman–Crippen MR) is 74.5 cm³/mol. The van der Waals surface area contributed by atoms with Gasteiger partial charge in [-0.05, 0) is 25.0 Å². The van der Waals surface area contributed by atoms with Gasteiger partial charge in [0.25, 0.3) is 0 Å². The second-order valence-electron chi connectivity index (χ2n) is 4.68. The van der Waals surface area contributed by atoms with E-state index in [0.717, 1.165) is 31.6 Å². The molecule has 1 aromatic rings. The van der Waals surface area contributed by atoms with Crippen molar-refractivity contribution in [1.29, 1.82) is 0 Å². The van der Waals surface area contributed by atoms with E-state index in [1.54, 1.807) is 6.08 Å². The van der Waals surface area contributed by atoms with Crippen molar-refractivity contribution < 1.29 is 4.79 Å². The third-order valence-corrected chi connectivity index (χ3v) is 3.24. The van der Waals surface area contributed by atoms with E-state index in [1.807, 2.05) is 23.1 Å². The summed E-state index contributed by atoms with van der Waals surface area (Å²) in [5.74, 6) is 0.185. The lowest BCUT2D eigenvalue weighted by molar-refractivity contribution is -0.131. The van der Waals surface area contributed by atoms with Gasteiger partial charge in [0.2, 0.25) is 5.91 Å². The quantitative estimate of drug-likeness (QED) is 0.826. The summed E-state index contributed by atoms with van der Waals surface area (Å²) in [5.41, 5.74) is 1.13. The van der Waals surface area contributed by atoms with Gasteiger partial charge in [0, 0.05) is 31.2 Å². The average Bonchev–Trinajstić information content (AvgIpc) is 2.40. The number of nitrogens with zero attached hydrogens (tertiary/aromatic N) is 1. The van der Waals surface area contributed by atoms with E-state index < -0.39 is 0 Å². The fourth-order valence-electron chi connectivity index (χ4n) is 2.34. The Bertz CT molecular complexity index is 402. The van der Waals surface area contributed by atoms with E-state index in [9.17, 15) is 4.79 Å². The summed E-state index contributed by atoms with van der Waals surface area (Å²) in [4.78, 5) is 13.8. The predicted octanol–water partition coefficient (Wildman–Crippen LogP) is 2.67. The fraction of sp³-hybridized carbons (Fsp3) is 0.400. The lowest BCUT2D eigenvalue weighted by Gasteiger charge is -2.33. The first-order valence-corrected chi connectivity index (χ1v) is 6.50. The third-order valence-electron chi connectivity index (χ3n) is 3.24. The molecule has 0 bridgehead atoms. The lowest BCUT2D eigenvalue weighted by atomic mass is 10.0. The molecule has 2 rings (SSSR count). The summed E-state index contributed by atoms with van der Waals surface area (Å²) >= 11 is 0. The van der Waals surface area contributed by atoms with Crippen molar-refractivity contribution in [2.45, 2.75) is 25.3 Å². The Morgan fingerprint density at radius 2 is 2.22 bits per heavy atom. The number of hydrogen-bond donors (Lipinski definition) is 1. The average molecular weight is 244 g/mol. The standard InChI is InChI=1S/C15H20N2O/c1-2-7-15(18)17-11-6-10-14(12-17)16-13-8-4-3-5-9-13/h2-5,8-9,14,16H,1,6-7,10-12H2/t14-/m0/s1. The molecule has 0 spiro atoms. The van der Waals surface area contributed by atoms with Crippen molar-refractivity contribution in [3.8, 4) is 0 Å². The topological polar surface area (TPSA) is 32.3 Å². The number of anilines is 1. The van der Waals surface area contributed by atoms with Gasteiger partial charge >= 0.3 is 0 Å². The minimum Gasteiger partial charge on any atom is -0.381 e. The van der Waals surface area contributed by atoms with Crippen LogP contribution in [0.1, 0.15) is 19.3 Å². The molecule has 1 N–H and O–H groups in total. The van der Waals surface area contributed by atoms with E-state index in [-0.39, 0.29) is 5.91 Å². The molecule has 1 saturated heterocycles. The maximum absolute atomic E-state index is 11.8. The van der Waals surface area contributed by atoms with Crippen molar-refractivity contribution in [1.82, 2.24) is 4.90 Å². The zero-order chi connectivity index (χ0) is 12.8. The van der Waals surface area contributed by atoms with E-state index in [4.69, 9.17) is 0 Å². The van der Waals surface area contributed by atoms with Crippen LogP contribution in [0.3, 0.4) is 0 Å². The minimum atomic E-state index is 0.185. The van der Waals surface area contributed by atoms with Gasteiger partial charge in [-0.3, -0.25) is 4.79 Å². The van der Waals surface area contributed by atoms with E-state index in [1.165, 1.54) is 0 Å². The molecule has 1 aromatic carbocycles. The molecule has 1 fully saturated rings. The van der Waals surface area contributed by atoms with Crippen LogP contribution in [0.2, 0.25) is 0 Å². The van der Waals surface area contributed by atoms with Gasteiger partial charge in [0.05, 0.1) is 0 Å². The molecule has 96 valence electrons. The number of benzene rings is 1. The highest BCUT2D eigenvalue weighted by atomic mass is 16.2. The number of amides is 1. The van der Waals surface area contributed by atoms with Crippen LogP contribution in [0, 0.1) is 0 Å². The second-order valence-corrected chi connectivity index (χ2v) is 4.68. The molecule has 18 heavy (non-hydrogen) atoms. The van der Waals surface area contributed by atoms with Crippen molar-refractivity contribution in [2.24, 2.45) is 0 Å². The first-order valence-electron chi connectivity index (χ1n) is 6.50. The van der Waals surface area contributed by atoms with Gasteiger partial charge in [0.15, 0.2) is 0 Å². The van der Waals surface area contributed by atoms with Gasteiger partial charge in [-0.15, -0.1) is 6.58 Å². The molecular formula is C15H20N2O. The smallest absolute Gasteiger partial charge is 0.226 e. The van der Waals surface area contributed by atoms with Crippen LogP contribution in [0.5, 0.6) is 0 Å². The Morgan fingerprint density at radius 1 is 1.44 bits per heavy atom. The largest absolute Gasteiger partial charge is 0.381 e. The van der Waals surface area contributed by atoms with Crippen LogP contribution < -0.4 is 5.32 Å². The van der Waals surface area contributed by atoms with Gasteiger partial charge in [-0.2, -0.15) is 0 Å². The molecule has 1 amide bonds. The summed E-state index contributed by atoms with van der Waals surface area (Å²) in [6.07, 6.45) is 4.30. The number of carbonyl (C=O) groups is 1. The second kappa shape index (κ2) is 6.24. The Morgan fingerprint density at radius 3 is 2.94 bits per heavy atom. The Hall–Kier alpha value is -1.77. The molecular weight excluding hydrogens is 224 g/mol. The summed E-state index contributed by atoms with van der Waals surface area (Å²) in [7, 11) is 0. The number of carbonyl (C=O) groups excluding carboxylic acids is 1. The van der Waals surface area contributed by atoms with Crippen molar-refractivity contribution in [3.63, 3.8) is 0 Å². The zero-order valence-corrected chi connectivity index (χ0v) is 10.6. The minimum absolute atomic E-state index is 0.185. The van der Waals surface area contributed by atoms with Crippen LogP contribution in [0.25, 0.3) is 0 Å². The van der Waals surface area contributed by atoms with Gasteiger partial charge in [-0.25, -0.2) is 0 Å². The van der Waals surface area contributed by atoms with Crippen LogP contribution in [0.15, 0.2) is 43.0 Å². The number of rotatable bonds is 4.